The molecule has 1 aliphatic rings. The van der Waals surface area contributed by atoms with Crippen LogP contribution in [-0.4, -0.2) is 42.2 Å². The Kier molecular flexibility index (Phi) is 5.37. The number of nitrogens with two attached hydrogens (primary N) is 1. The van der Waals surface area contributed by atoms with E-state index in [9.17, 15) is 0 Å². The Morgan fingerprint density at radius 3 is 2.64 bits per heavy atom. The van der Waals surface area contributed by atoms with Crippen LogP contribution >= 0.6 is 12.2 Å². The zero-order chi connectivity index (χ0) is 10.4. The summed E-state index contributed by atoms with van der Waals surface area (Å²) < 4.78 is 5.34. The first-order valence-corrected chi connectivity index (χ1v) is 5.75. The molecule has 0 radical (unpaired) electrons. The van der Waals surface area contributed by atoms with E-state index in [4.69, 9.17) is 22.7 Å². The SMILES string of the molecule is CCCN(CC(N)=S)C1CCOCC1. The fourth-order valence-corrected chi connectivity index (χ4v) is 2.09. The minimum atomic E-state index is 0.602. The monoisotopic (exact) mass is 216 g/mol. The van der Waals surface area contributed by atoms with Crippen molar-refractivity contribution in [1.82, 2.24) is 4.90 Å². The molecule has 0 aromatic carbocycles. The summed E-state index contributed by atoms with van der Waals surface area (Å²) in [5.41, 5.74) is 5.59. The lowest BCUT2D eigenvalue weighted by Crippen LogP contribution is -2.43. The van der Waals surface area contributed by atoms with Crippen LogP contribution in [0.3, 0.4) is 0 Å². The van der Waals surface area contributed by atoms with Gasteiger partial charge in [0, 0.05) is 25.8 Å². The Hall–Kier alpha value is -0.190. The van der Waals surface area contributed by atoms with Gasteiger partial charge in [-0.25, -0.2) is 0 Å². The predicted molar refractivity (Wildman–Crippen MR) is 62.5 cm³/mol. The first-order valence-electron chi connectivity index (χ1n) is 5.34. The van der Waals surface area contributed by atoms with Crippen LogP contribution in [0.15, 0.2) is 0 Å². The molecule has 0 amide bonds. The standard InChI is InChI=1S/C10H20N2OS/c1-2-5-12(8-10(11)14)9-3-6-13-7-4-9/h9H,2-8H2,1H3,(H2,11,14). The van der Waals surface area contributed by atoms with Gasteiger partial charge in [-0.05, 0) is 25.8 Å². The van der Waals surface area contributed by atoms with Gasteiger partial charge in [0.1, 0.15) is 0 Å². The van der Waals surface area contributed by atoms with Crippen molar-refractivity contribution in [3.8, 4) is 0 Å². The lowest BCUT2D eigenvalue weighted by atomic mass is 10.1. The molecule has 0 bridgehead atoms. The van der Waals surface area contributed by atoms with E-state index in [1.165, 1.54) is 0 Å². The summed E-state index contributed by atoms with van der Waals surface area (Å²) in [7, 11) is 0. The van der Waals surface area contributed by atoms with Gasteiger partial charge in [-0.2, -0.15) is 0 Å². The number of ether oxygens (including phenoxy) is 1. The van der Waals surface area contributed by atoms with E-state index in [1.807, 2.05) is 0 Å². The minimum Gasteiger partial charge on any atom is -0.392 e. The summed E-state index contributed by atoms with van der Waals surface area (Å²) in [5.74, 6) is 0. The quantitative estimate of drug-likeness (QED) is 0.700. The van der Waals surface area contributed by atoms with Gasteiger partial charge < -0.3 is 10.5 Å². The maximum atomic E-state index is 5.59. The van der Waals surface area contributed by atoms with Gasteiger partial charge in [0.2, 0.25) is 0 Å². The van der Waals surface area contributed by atoms with Crippen molar-refractivity contribution in [1.29, 1.82) is 0 Å². The van der Waals surface area contributed by atoms with Gasteiger partial charge in [0.15, 0.2) is 0 Å². The summed E-state index contributed by atoms with van der Waals surface area (Å²) in [6, 6.07) is 0.616. The molecular formula is C10H20N2OS. The topological polar surface area (TPSA) is 38.5 Å². The number of thiocarbonyl (C=S) groups is 1. The van der Waals surface area contributed by atoms with E-state index in [1.54, 1.807) is 0 Å². The zero-order valence-electron chi connectivity index (χ0n) is 8.87. The van der Waals surface area contributed by atoms with Gasteiger partial charge in [-0.1, -0.05) is 19.1 Å². The Morgan fingerprint density at radius 1 is 1.50 bits per heavy atom. The maximum Gasteiger partial charge on any atom is 0.0870 e. The second-order valence-electron chi connectivity index (χ2n) is 3.78. The average Bonchev–Trinajstić information content (AvgIpc) is 2.18. The molecule has 0 aliphatic carbocycles. The number of hydrogen-bond donors (Lipinski definition) is 1. The number of rotatable bonds is 5. The fraction of sp³-hybridized carbons (Fsp3) is 0.900. The van der Waals surface area contributed by atoms with Crippen LogP contribution < -0.4 is 5.73 Å². The molecule has 1 saturated heterocycles. The highest BCUT2D eigenvalue weighted by atomic mass is 32.1. The Balaban J connectivity index is 2.42. The molecule has 3 nitrogen and oxygen atoms in total. The molecule has 1 rings (SSSR count). The summed E-state index contributed by atoms with van der Waals surface area (Å²) >= 11 is 4.96. The van der Waals surface area contributed by atoms with Crippen LogP contribution in [0.5, 0.6) is 0 Å². The van der Waals surface area contributed by atoms with Crippen molar-refractivity contribution in [2.24, 2.45) is 5.73 Å². The van der Waals surface area contributed by atoms with E-state index in [2.05, 4.69) is 11.8 Å². The molecule has 14 heavy (non-hydrogen) atoms. The third-order valence-electron chi connectivity index (χ3n) is 2.58. The summed E-state index contributed by atoms with van der Waals surface area (Å²) in [4.78, 5) is 3.00. The van der Waals surface area contributed by atoms with Crippen LogP contribution in [0.2, 0.25) is 0 Å². The van der Waals surface area contributed by atoms with Gasteiger partial charge in [0.05, 0.1) is 4.99 Å². The molecular weight excluding hydrogens is 196 g/mol. The molecule has 0 unspecified atom stereocenters. The van der Waals surface area contributed by atoms with Crippen molar-refractivity contribution in [2.45, 2.75) is 32.2 Å². The Bertz CT molecular complexity index is 181. The molecule has 1 fully saturated rings. The van der Waals surface area contributed by atoms with Crippen LogP contribution in [-0.2, 0) is 4.74 Å². The molecule has 4 heteroatoms. The van der Waals surface area contributed by atoms with Crippen LogP contribution in [0.25, 0.3) is 0 Å². The highest BCUT2D eigenvalue weighted by molar-refractivity contribution is 7.80. The lowest BCUT2D eigenvalue weighted by molar-refractivity contribution is 0.0395. The first kappa shape index (κ1) is 11.9. The Morgan fingerprint density at radius 2 is 2.14 bits per heavy atom. The lowest BCUT2D eigenvalue weighted by Gasteiger charge is -2.33. The molecule has 1 heterocycles. The molecule has 0 aromatic rings. The van der Waals surface area contributed by atoms with Crippen molar-refractivity contribution in [2.75, 3.05) is 26.3 Å². The third kappa shape index (κ3) is 3.90. The van der Waals surface area contributed by atoms with Crippen LogP contribution in [0.1, 0.15) is 26.2 Å². The zero-order valence-corrected chi connectivity index (χ0v) is 9.68. The molecule has 82 valence electrons. The van der Waals surface area contributed by atoms with Crippen LogP contribution in [0, 0.1) is 0 Å². The molecule has 1 aliphatic heterocycles. The van der Waals surface area contributed by atoms with Crippen molar-refractivity contribution >= 4 is 17.2 Å². The average molecular weight is 216 g/mol. The third-order valence-corrected chi connectivity index (χ3v) is 2.71. The van der Waals surface area contributed by atoms with E-state index in [0.717, 1.165) is 45.6 Å². The fourth-order valence-electron chi connectivity index (χ4n) is 1.93. The summed E-state index contributed by atoms with van der Waals surface area (Å²) in [6.45, 7) is 5.78. The van der Waals surface area contributed by atoms with Crippen LogP contribution in [0.4, 0.5) is 0 Å². The van der Waals surface area contributed by atoms with Gasteiger partial charge in [-0.15, -0.1) is 0 Å². The maximum absolute atomic E-state index is 5.59. The summed E-state index contributed by atoms with van der Waals surface area (Å²) in [5, 5.41) is 0. The van der Waals surface area contributed by atoms with Crippen molar-refractivity contribution in [3.05, 3.63) is 0 Å². The molecule has 2 N–H and O–H groups in total. The molecule has 0 saturated carbocycles. The molecule has 0 atom stereocenters. The largest absolute Gasteiger partial charge is 0.392 e. The predicted octanol–water partition coefficient (Wildman–Crippen LogP) is 1.16. The number of hydrogen-bond acceptors (Lipinski definition) is 3. The van der Waals surface area contributed by atoms with E-state index in [0.29, 0.717) is 11.0 Å². The number of nitrogens with zero attached hydrogens (tertiary/aromatic N) is 1. The van der Waals surface area contributed by atoms with Gasteiger partial charge in [-0.3, -0.25) is 4.90 Å². The summed E-state index contributed by atoms with van der Waals surface area (Å²) in [6.07, 6.45) is 3.38. The van der Waals surface area contributed by atoms with Gasteiger partial charge in [0.25, 0.3) is 0 Å². The highest BCUT2D eigenvalue weighted by Gasteiger charge is 2.20. The van der Waals surface area contributed by atoms with Crippen molar-refractivity contribution < 1.29 is 4.74 Å². The van der Waals surface area contributed by atoms with E-state index in [-0.39, 0.29) is 0 Å². The molecule has 0 spiro atoms. The van der Waals surface area contributed by atoms with E-state index < -0.39 is 0 Å². The van der Waals surface area contributed by atoms with Crippen molar-refractivity contribution in [3.63, 3.8) is 0 Å². The first-order chi connectivity index (χ1) is 6.74. The Labute approximate surface area is 91.6 Å². The molecule has 0 aromatic heterocycles. The second-order valence-corrected chi connectivity index (χ2v) is 4.30. The smallest absolute Gasteiger partial charge is 0.0870 e. The van der Waals surface area contributed by atoms with Gasteiger partial charge >= 0.3 is 0 Å². The minimum absolute atomic E-state index is 0.602. The highest BCUT2D eigenvalue weighted by Crippen LogP contribution is 2.14. The van der Waals surface area contributed by atoms with E-state index >= 15 is 0 Å². The second kappa shape index (κ2) is 6.32. The normalized spacial score (nSPS) is 18.7.